The molecule has 6 atom stereocenters. The first-order valence-electron chi connectivity index (χ1n) is 17.0. The number of fused-ring (bicyclic) bond motifs is 4. The first kappa shape index (κ1) is 34.6. The molecule has 0 spiro atoms. The van der Waals surface area contributed by atoms with E-state index in [2.05, 4.69) is 5.43 Å². The van der Waals surface area contributed by atoms with Gasteiger partial charge in [0.2, 0.25) is 11.8 Å². The molecule has 4 aromatic carbocycles. The molecule has 2 saturated heterocycles. The minimum absolute atomic E-state index is 0.00251. The van der Waals surface area contributed by atoms with Crippen molar-refractivity contribution in [2.75, 3.05) is 17.4 Å². The van der Waals surface area contributed by atoms with Gasteiger partial charge in [0.05, 0.1) is 41.7 Å². The SMILES string of the molecule is COc1ccc([C@H]2C3=CC[C@@H]4C(=O)N(c5cccc(B(O)O)c5)C(=O)[C@@H]4[C@@H]3C[C@H]3C(=O)N(Nc4ccc(F)cc4)C(=O)[C@@]23c2ccc(Cl)cc2)c(O)c1. The summed E-state index contributed by atoms with van der Waals surface area (Å²) in [5, 5.41) is 32.6. The third kappa shape index (κ3) is 5.25. The van der Waals surface area contributed by atoms with Gasteiger partial charge < -0.3 is 19.9 Å². The van der Waals surface area contributed by atoms with Crippen molar-refractivity contribution in [2.24, 2.45) is 23.7 Å². The smallest absolute Gasteiger partial charge is 0.488 e. The van der Waals surface area contributed by atoms with Crippen LogP contribution in [0, 0.1) is 29.5 Å². The molecule has 2 aliphatic heterocycles. The van der Waals surface area contributed by atoms with Crippen molar-refractivity contribution in [2.45, 2.75) is 24.2 Å². The van der Waals surface area contributed by atoms with Crippen molar-refractivity contribution in [3.05, 3.63) is 125 Å². The fraction of sp³-hybridized carbons (Fsp3) is 0.231. The second kappa shape index (κ2) is 12.9. The van der Waals surface area contributed by atoms with Crippen LogP contribution in [0.5, 0.6) is 11.5 Å². The van der Waals surface area contributed by atoms with Gasteiger partial charge in [-0.25, -0.2) is 4.39 Å². The third-order valence-corrected chi connectivity index (χ3v) is 11.5. The summed E-state index contributed by atoms with van der Waals surface area (Å²) in [5.74, 6) is -7.15. The van der Waals surface area contributed by atoms with Crippen LogP contribution >= 0.6 is 11.6 Å². The highest BCUT2D eigenvalue weighted by Crippen LogP contribution is 2.65. The van der Waals surface area contributed by atoms with Gasteiger partial charge in [-0.15, -0.1) is 0 Å². The Morgan fingerprint density at radius 3 is 2.32 bits per heavy atom. The molecule has 0 aromatic heterocycles. The predicted octanol–water partition coefficient (Wildman–Crippen LogP) is 4.06. The van der Waals surface area contributed by atoms with Gasteiger partial charge in [-0.05, 0) is 84.4 Å². The Kier molecular flexibility index (Phi) is 8.40. The Balaban J connectivity index is 1.32. The van der Waals surface area contributed by atoms with Gasteiger partial charge in [0.1, 0.15) is 17.3 Å². The highest BCUT2D eigenvalue weighted by Gasteiger charge is 2.70. The van der Waals surface area contributed by atoms with Crippen LogP contribution in [0.15, 0.2) is 103 Å². The molecule has 4 aliphatic rings. The molecule has 11 nitrogen and oxygen atoms in total. The fourth-order valence-corrected chi connectivity index (χ4v) is 9.10. The number of amides is 4. The van der Waals surface area contributed by atoms with E-state index in [1.165, 1.54) is 61.7 Å². The quantitative estimate of drug-likeness (QED) is 0.125. The van der Waals surface area contributed by atoms with Crippen LogP contribution in [0.4, 0.5) is 15.8 Å². The monoisotopic (exact) mass is 735 g/mol. The van der Waals surface area contributed by atoms with Crippen LogP contribution in [-0.4, -0.2) is 58.0 Å². The maximum Gasteiger partial charge on any atom is 0.488 e. The van der Waals surface area contributed by atoms with E-state index in [-0.39, 0.29) is 35.4 Å². The molecule has 53 heavy (non-hydrogen) atoms. The van der Waals surface area contributed by atoms with Gasteiger partial charge in [0.25, 0.3) is 11.8 Å². The number of hydrogen-bond acceptors (Lipinski definition) is 9. The first-order chi connectivity index (χ1) is 25.4. The number of imide groups is 2. The number of nitrogens with one attached hydrogen (secondary N) is 1. The number of methoxy groups -OCH3 is 1. The summed E-state index contributed by atoms with van der Waals surface area (Å²) < 4.78 is 19.2. The highest BCUT2D eigenvalue weighted by atomic mass is 35.5. The number of allylic oxidation sites excluding steroid dienone is 2. The Bertz CT molecular complexity index is 2220. The van der Waals surface area contributed by atoms with E-state index in [0.29, 0.717) is 27.5 Å². The summed E-state index contributed by atoms with van der Waals surface area (Å²) >= 11 is 6.34. The normalized spacial score (nSPS) is 26.2. The highest BCUT2D eigenvalue weighted by molar-refractivity contribution is 6.58. The fourth-order valence-electron chi connectivity index (χ4n) is 8.97. The number of nitrogens with zero attached hydrogens (tertiary/aromatic N) is 2. The third-order valence-electron chi connectivity index (χ3n) is 11.2. The van der Waals surface area contributed by atoms with E-state index in [1.54, 1.807) is 36.4 Å². The average Bonchev–Trinajstić information content (AvgIpc) is 3.53. The summed E-state index contributed by atoms with van der Waals surface area (Å²) in [6.45, 7) is 0. The van der Waals surface area contributed by atoms with Gasteiger partial charge in [-0.3, -0.25) is 29.5 Å². The van der Waals surface area contributed by atoms with Crippen LogP contribution in [0.3, 0.4) is 0 Å². The molecule has 2 aliphatic carbocycles. The van der Waals surface area contributed by atoms with Crippen molar-refractivity contribution in [1.29, 1.82) is 0 Å². The molecule has 2 heterocycles. The van der Waals surface area contributed by atoms with E-state index in [0.717, 1.165) is 9.91 Å². The minimum atomic E-state index is -1.83. The van der Waals surface area contributed by atoms with Crippen LogP contribution in [0.1, 0.15) is 29.9 Å². The Labute approximate surface area is 308 Å². The largest absolute Gasteiger partial charge is 0.508 e. The first-order valence-corrected chi connectivity index (χ1v) is 17.4. The molecule has 8 rings (SSSR count). The molecule has 4 amide bonds. The minimum Gasteiger partial charge on any atom is -0.508 e. The number of rotatable bonds is 7. The number of aromatic hydroxyl groups is 1. The lowest BCUT2D eigenvalue weighted by molar-refractivity contribution is -0.138. The summed E-state index contributed by atoms with van der Waals surface area (Å²) in [6.07, 6.45) is 1.98. The number of benzene rings is 4. The topological polar surface area (TPSA) is 157 Å². The number of carbonyl (C=O) groups excluding carboxylic acids is 4. The summed E-state index contributed by atoms with van der Waals surface area (Å²) in [5.41, 5.74) is 3.15. The Morgan fingerprint density at radius 2 is 1.64 bits per heavy atom. The second-order valence-electron chi connectivity index (χ2n) is 13.8. The van der Waals surface area contributed by atoms with Crippen molar-refractivity contribution in [1.82, 2.24) is 5.01 Å². The summed E-state index contributed by atoms with van der Waals surface area (Å²) in [7, 11) is -0.378. The maximum atomic E-state index is 15.2. The number of halogens is 2. The van der Waals surface area contributed by atoms with E-state index >= 15 is 4.79 Å². The van der Waals surface area contributed by atoms with Gasteiger partial charge in [-0.2, -0.15) is 5.01 Å². The van der Waals surface area contributed by atoms with Crippen LogP contribution in [0.25, 0.3) is 0 Å². The number of phenolic OH excluding ortho intramolecular Hbond substituents is 1. The zero-order chi connectivity index (χ0) is 37.3. The Hall–Kier alpha value is -5.50. The molecular weight excluding hydrogens is 704 g/mol. The molecular formula is C39H32BClFN3O8. The molecule has 268 valence electrons. The lowest BCUT2D eigenvalue weighted by atomic mass is 9.49. The predicted molar refractivity (Wildman–Crippen MR) is 192 cm³/mol. The number of hydrazine groups is 1. The molecule has 4 aromatic rings. The zero-order valence-corrected chi connectivity index (χ0v) is 28.9. The van der Waals surface area contributed by atoms with Gasteiger partial charge in [0, 0.05) is 22.6 Å². The number of phenols is 1. The average molecular weight is 736 g/mol. The molecule has 0 bridgehead atoms. The van der Waals surface area contributed by atoms with E-state index < -0.39 is 71.6 Å². The summed E-state index contributed by atoms with van der Waals surface area (Å²) in [4.78, 5) is 59.6. The van der Waals surface area contributed by atoms with Gasteiger partial charge >= 0.3 is 7.12 Å². The maximum absolute atomic E-state index is 15.2. The lowest BCUT2D eigenvalue weighted by Gasteiger charge is -2.50. The molecule has 3 fully saturated rings. The van der Waals surface area contributed by atoms with Crippen molar-refractivity contribution in [3.63, 3.8) is 0 Å². The zero-order valence-electron chi connectivity index (χ0n) is 28.1. The van der Waals surface area contributed by atoms with Gasteiger partial charge in [-0.1, -0.05) is 53.6 Å². The summed E-state index contributed by atoms with van der Waals surface area (Å²) in [6, 6.07) is 22.4. The molecule has 14 heteroatoms. The molecule has 0 unspecified atom stereocenters. The van der Waals surface area contributed by atoms with E-state index in [1.807, 2.05) is 6.08 Å². The van der Waals surface area contributed by atoms with Crippen molar-refractivity contribution >= 4 is 59.2 Å². The van der Waals surface area contributed by atoms with Crippen molar-refractivity contribution in [3.8, 4) is 11.5 Å². The number of carbonyl (C=O) groups is 4. The van der Waals surface area contributed by atoms with Crippen LogP contribution in [0.2, 0.25) is 5.02 Å². The van der Waals surface area contributed by atoms with Crippen molar-refractivity contribution < 1.29 is 43.5 Å². The van der Waals surface area contributed by atoms with E-state index in [9.17, 15) is 33.9 Å². The molecule has 4 N–H and O–H groups in total. The molecule has 1 saturated carbocycles. The number of anilines is 2. The molecule has 0 radical (unpaired) electrons. The second-order valence-corrected chi connectivity index (χ2v) is 14.2. The Morgan fingerprint density at radius 1 is 0.906 bits per heavy atom. The van der Waals surface area contributed by atoms with Gasteiger partial charge in [0.15, 0.2) is 0 Å². The number of ether oxygens (including phenoxy) is 1. The lowest BCUT2D eigenvalue weighted by Crippen LogP contribution is -2.53. The standard InChI is InChI=1S/C39H32BClFN3O8/c1-53-26-13-14-28(32(46)18-26)34-27-15-16-29-33(37(49)44(35(29)47)25-4-2-3-21(17-25)40(51)52)30(27)19-31-36(48)45(43-24-11-9-23(42)10-12-24)38(50)39(31,34)20-5-7-22(41)8-6-20/h2-15,17-18,29-31,33-34,43,46,51-52H,16,19H2,1H3/t29-,30+,31-,33-,34+,39+/m0/s1. The number of hydrogen-bond donors (Lipinski definition) is 4. The van der Waals surface area contributed by atoms with E-state index in [4.69, 9.17) is 16.3 Å². The van der Waals surface area contributed by atoms with Crippen LogP contribution in [-0.2, 0) is 24.6 Å². The van der Waals surface area contributed by atoms with Crippen LogP contribution < -0.4 is 20.5 Å².